The molecule has 72 valence electrons. The second-order valence-corrected chi connectivity index (χ2v) is 3.89. The van der Waals surface area contributed by atoms with E-state index in [-0.39, 0.29) is 0 Å². The van der Waals surface area contributed by atoms with Crippen LogP contribution >= 0.6 is 0 Å². The lowest BCUT2D eigenvalue weighted by atomic mass is 10.2. The number of nitrogens with zero attached hydrogens (tertiary/aromatic N) is 3. The molecule has 0 saturated carbocycles. The van der Waals surface area contributed by atoms with Gasteiger partial charge in [0.2, 0.25) is 0 Å². The number of aromatic nitrogens is 2. The standard InChI is InChI=1S/C10H17N3/c1-3-9-6-11-13(7-9)10-4-5-12(2)8-10/h6-7,10H,3-5,8H2,1-2H3/t10-/m1/s1. The average Bonchev–Trinajstić information content (AvgIpc) is 2.71. The van der Waals surface area contributed by atoms with Crippen molar-refractivity contribution < 1.29 is 0 Å². The van der Waals surface area contributed by atoms with Crippen LogP contribution in [0.5, 0.6) is 0 Å². The molecule has 2 rings (SSSR count). The van der Waals surface area contributed by atoms with E-state index in [0.29, 0.717) is 6.04 Å². The van der Waals surface area contributed by atoms with Gasteiger partial charge >= 0.3 is 0 Å². The monoisotopic (exact) mass is 179 g/mol. The van der Waals surface area contributed by atoms with Crippen LogP contribution < -0.4 is 0 Å². The Balaban J connectivity index is 2.08. The number of likely N-dealkylation sites (tertiary alicyclic amines) is 1. The van der Waals surface area contributed by atoms with Gasteiger partial charge in [-0.05, 0) is 32.0 Å². The third-order valence-corrected chi connectivity index (χ3v) is 2.80. The molecule has 0 radical (unpaired) electrons. The normalized spacial score (nSPS) is 24.0. The van der Waals surface area contributed by atoms with Crippen LogP contribution in [-0.4, -0.2) is 34.8 Å². The van der Waals surface area contributed by atoms with Crippen LogP contribution in [0, 0.1) is 0 Å². The van der Waals surface area contributed by atoms with E-state index in [2.05, 4.69) is 34.8 Å². The summed E-state index contributed by atoms with van der Waals surface area (Å²) in [5.74, 6) is 0. The Bertz CT molecular complexity index is 279. The van der Waals surface area contributed by atoms with Gasteiger partial charge in [-0.3, -0.25) is 4.68 Å². The lowest BCUT2D eigenvalue weighted by Crippen LogP contribution is -2.16. The Kier molecular flexibility index (Phi) is 2.36. The largest absolute Gasteiger partial charge is 0.304 e. The molecule has 0 aliphatic carbocycles. The number of likely N-dealkylation sites (N-methyl/N-ethyl adjacent to an activating group) is 1. The molecule has 1 aromatic heterocycles. The zero-order valence-corrected chi connectivity index (χ0v) is 8.40. The molecule has 0 bridgehead atoms. The Morgan fingerprint density at radius 2 is 2.46 bits per heavy atom. The van der Waals surface area contributed by atoms with Crippen molar-refractivity contribution in [3.05, 3.63) is 18.0 Å². The summed E-state index contributed by atoms with van der Waals surface area (Å²) in [6, 6.07) is 0.602. The van der Waals surface area contributed by atoms with E-state index < -0.39 is 0 Å². The number of rotatable bonds is 2. The van der Waals surface area contributed by atoms with Crippen molar-refractivity contribution in [2.24, 2.45) is 0 Å². The maximum Gasteiger partial charge on any atom is 0.0658 e. The molecule has 0 spiro atoms. The molecule has 3 nitrogen and oxygen atoms in total. The molecule has 0 amide bonds. The summed E-state index contributed by atoms with van der Waals surface area (Å²) < 4.78 is 2.13. The van der Waals surface area contributed by atoms with Gasteiger partial charge in [0, 0.05) is 12.7 Å². The lowest BCUT2D eigenvalue weighted by molar-refractivity contribution is 0.382. The summed E-state index contributed by atoms with van der Waals surface area (Å²) in [4.78, 5) is 2.36. The fraction of sp³-hybridized carbons (Fsp3) is 0.700. The summed E-state index contributed by atoms with van der Waals surface area (Å²) in [5.41, 5.74) is 1.34. The van der Waals surface area contributed by atoms with Gasteiger partial charge < -0.3 is 4.90 Å². The molecule has 1 saturated heterocycles. The smallest absolute Gasteiger partial charge is 0.0658 e. The van der Waals surface area contributed by atoms with Crippen LogP contribution in [0.3, 0.4) is 0 Å². The molecule has 0 unspecified atom stereocenters. The highest BCUT2D eigenvalue weighted by atomic mass is 15.3. The fourth-order valence-corrected chi connectivity index (χ4v) is 1.89. The number of hydrogen-bond acceptors (Lipinski definition) is 2. The molecule has 0 aromatic carbocycles. The molecular formula is C10H17N3. The highest BCUT2D eigenvalue weighted by molar-refractivity contribution is 5.04. The predicted octanol–water partition coefficient (Wildman–Crippen LogP) is 1.32. The van der Waals surface area contributed by atoms with E-state index in [1.807, 2.05) is 6.20 Å². The molecule has 1 aromatic rings. The highest BCUT2D eigenvalue weighted by Crippen LogP contribution is 2.19. The van der Waals surface area contributed by atoms with E-state index in [4.69, 9.17) is 0 Å². The molecule has 1 aliphatic heterocycles. The van der Waals surface area contributed by atoms with Crippen LogP contribution in [0.15, 0.2) is 12.4 Å². The van der Waals surface area contributed by atoms with Gasteiger partial charge in [-0.25, -0.2) is 0 Å². The molecule has 1 atom stereocenters. The van der Waals surface area contributed by atoms with Gasteiger partial charge in [0.25, 0.3) is 0 Å². The second-order valence-electron chi connectivity index (χ2n) is 3.89. The first-order valence-electron chi connectivity index (χ1n) is 5.01. The van der Waals surface area contributed by atoms with Crippen LogP contribution in [0.25, 0.3) is 0 Å². The third-order valence-electron chi connectivity index (χ3n) is 2.80. The molecule has 3 heteroatoms. The minimum Gasteiger partial charge on any atom is -0.304 e. The van der Waals surface area contributed by atoms with Crippen molar-refractivity contribution in [3.8, 4) is 0 Å². The Morgan fingerprint density at radius 1 is 1.62 bits per heavy atom. The molecule has 1 fully saturated rings. The van der Waals surface area contributed by atoms with Crippen LogP contribution in [0.2, 0.25) is 0 Å². The van der Waals surface area contributed by atoms with Crippen molar-refractivity contribution in [3.63, 3.8) is 0 Å². The third kappa shape index (κ3) is 1.75. The minimum absolute atomic E-state index is 0.602. The predicted molar refractivity (Wildman–Crippen MR) is 52.8 cm³/mol. The first-order chi connectivity index (χ1) is 6.29. The van der Waals surface area contributed by atoms with Gasteiger partial charge in [-0.1, -0.05) is 6.92 Å². The quantitative estimate of drug-likeness (QED) is 0.682. The molecule has 2 heterocycles. The Labute approximate surface area is 79.3 Å². The molecule has 13 heavy (non-hydrogen) atoms. The Hall–Kier alpha value is -0.830. The van der Waals surface area contributed by atoms with Gasteiger partial charge in [0.15, 0.2) is 0 Å². The van der Waals surface area contributed by atoms with Crippen LogP contribution in [0.4, 0.5) is 0 Å². The summed E-state index contributed by atoms with van der Waals surface area (Å²) in [5, 5.41) is 4.39. The van der Waals surface area contributed by atoms with Crippen LogP contribution in [-0.2, 0) is 6.42 Å². The lowest BCUT2D eigenvalue weighted by Gasteiger charge is -2.10. The first-order valence-corrected chi connectivity index (χ1v) is 5.01. The van der Waals surface area contributed by atoms with Crippen molar-refractivity contribution in [1.29, 1.82) is 0 Å². The maximum atomic E-state index is 4.39. The first kappa shape index (κ1) is 8.75. The summed E-state index contributed by atoms with van der Waals surface area (Å²) >= 11 is 0. The van der Waals surface area contributed by atoms with Crippen molar-refractivity contribution >= 4 is 0 Å². The zero-order valence-electron chi connectivity index (χ0n) is 8.40. The summed E-state index contributed by atoms with van der Waals surface area (Å²) in [6.45, 7) is 4.51. The molecule has 0 N–H and O–H groups in total. The van der Waals surface area contributed by atoms with E-state index >= 15 is 0 Å². The van der Waals surface area contributed by atoms with Gasteiger partial charge in [0.05, 0.1) is 12.2 Å². The van der Waals surface area contributed by atoms with Crippen molar-refractivity contribution in [2.75, 3.05) is 20.1 Å². The van der Waals surface area contributed by atoms with E-state index in [1.165, 1.54) is 18.5 Å². The van der Waals surface area contributed by atoms with E-state index in [9.17, 15) is 0 Å². The van der Waals surface area contributed by atoms with E-state index in [0.717, 1.165) is 13.0 Å². The Morgan fingerprint density at radius 3 is 3.00 bits per heavy atom. The second kappa shape index (κ2) is 3.50. The summed E-state index contributed by atoms with van der Waals surface area (Å²) in [7, 11) is 2.17. The summed E-state index contributed by atoms with van der Waals surface area (Å²) in [6.07, 6.45) is 6.49. The van der Waals surface area contributed by atoms with Crippen molar-refractivity contribution in [1.82, 2.24) is 14.7 Å². The zero-order chi connectivity index (χ0) is 9.26. The molecule has 1 aliphatic rings. The number of aryl methyl sites for hydroxylation is 1. The SMILES string of the molecule is CCc1cnn([C@@H]2CCN(C)C2)c1. The van der Waals surface area contributed by atoms with Gasteiger partial charge in [-0.15, -0.1) is 0 Å². The van der Waals surface area contributed by atoms with E-state index in [1.54, 1.807) is 0 Å². The maximum absolute atomic E-state index is 4.39. The highest BCUT2D eigenvalue weighted by Gasteiger charge is 2.21. The van der Waals surface area contributed by atoms with Crippen molar-refractivity contribution in [2.45, 2.75) is 25.8 Å². The fourth-order valence-electron chi connectivity index (χ4n) is 1.89. The van der Waals surface area contributed by atoms with Gasteiger partial charge in [0.1, 0.15) is 0 Å². The topological polar surface area (TPSA) is 21.1 Å². The minimum atomic E-state index is 0.602. The van der Waals surface area contributed by atoms with Gasteiger partial charge in [-0.2, -0.15) is 5.10 Å². The number of hydrogen-bond donors (Lipinski definition) is 0. The molecular weight excluding hydrogens is 162 g/mol. The average molecular weight is 179 g/mol. The van der Waals surface area contributed by atoms with Crippen LogP contribution in [0.1, 0.15) is 24.9 Å².